The Morgan fingerprint density at radius 3 is 2.62 bits per heavy atom. The molecule has 0 bridgehead atoms. The van der Waals surface area contributed by atoms with E-state index in [1.165, 1.54) is 22.8 Å². The summed E-state index contributed by atoms with van der Waals surface area (Å²) < 4.78 is 17.1. The first-order valence-electron chi connectivity index (χ1n) is 6.17. The number of hydrogen-bond donors (Lipinski definition) is 1. The van der Waals surface area contributed by atoms with Gasteiger partial charge in [-0.05, 0) is 25.1 Å². The summed E-state index contributed by atoms with van der Waals surface area (Å²) in [5.41, 5.74) is 0.413. The fraction of sp³-hybridized carbons (Fsp3) is 0.143. The Kier molecular flexibility index (Phi) is 3.09. The molecule has 3 rings (SSSR count). The Morgan fingerprint density at radius 2 is 1.95 bits per heavy atom. The van der Waals surface area contributed by atoms with E-state index < -0.39 is 5.82 Å². The van der Waals surface area contributed by atoms with Crippen LogP contribution in [0.15, 0.2) is 38.3 Å². The third-order valence-corrected chi connectivity index (χ3v) is 4.03. The molecule has 0 saturated heterocycles. The quantitative estimate of drug-likeness (QED) is 0.730. The van der Waals surface area contributed by atoms with Crippen molar-refractivity contribution in [3.8, 4) is 5.69 Å². The standard InChI is InChI=1S/C14H11BrFN3O2/c1-7-13-10(6-12(20)18(7)2)17-19(14(13)21)11-4-3-8(15)5-9(11)16/h3-6,17H,1-2H3. The van der Waals surface area contributed by atoms with Crippen LogP contribution in [0.2, 0.25) is 0 Å². The van der Waals surface area contributed by atoms with Gasteiger partial charge in [-0.3, -0.25) is 14.7 Å². The van der Waals surface area contributed by atoms with Crippen LogP contribution >= 0.6 is 15.9 Å². The molecule has 0 unspecified atom stereocenters. The number of nitrogens with one attached hydrogen (secondary N) is 1. The molecule has 0 radical (unpaired) electrons. The summed E-state index contributed by atoms with van der Waals surface area (Å²) >= 11 is 3.17. The average molecular weight is 352 g/mol. The summed E-state index contributed by atoms with van der Waals surface area (Å²) in [6.45, 7) is 1.68. The zero-order chi connectivity index (χ0) is 15.3. The number of benzene rings is 1. The van der Waals surface area contributed by atoms with Gasteiger partial charge in [-0.2, -0.15) is 0 Å². The van der Waals surface area contributed by atoms with Crippen LogP contribution in [-0.2, 0) is 7.05 Å². The lowest BCUT2D eigenvalue weighted by molar-refractivity contribution is 0.608. The molecule has 0 spiro atoms. The van der Waals surface area contributed by atoms with Crippen LogP contribution in [0.5, 0.6) is 0 Å². The second-order valence-corrected chi connectivity index (χ2v) is 5.68. The Balaban J connectivity index is 2.40. The van der Waals surface area contributed by atoms with Crippen LogP contribution in [-0.4, -0.2) is 14.3 Å². The van der Waals surface area contributed by atoms with E-state index in [0.717, 1.165) is 4.68 Å². The molecule has 0 amide bonds. The molecule has 7 heteroatoms. The first-order valence-corrected chi connectivity index (χ1v) is 6.96. The highest BCUT2D eigenvalue weighted by Gasteiger charge is 2.15. The second kappa shape index (κ2) is 4.70. The van der Waals surface area contributed by atoms with Crippen LogP contribution in [0.4, 0.5) is 4.39 Å². The van der Waals surface area contributed by atoms with Gasteiger partial charge in [0.25, 0.3) is 11.1 Å². The van der Waals surface area contributed by atoms with Crippen molar-refractivity contribution < 1.29 is 4.39 Å². The summed E-state index contributed by atoms with van der Waals surface area (Å²) in [4.78, 5) is 24.3. The third kappa shape index (κ3) is 2.04. The normalized spacial score (nSPS) is 11.2. The predicted molar refractivity (Wildman–Crippen MR) is 81.5 cm³/mol. The molecule has 1 N–H and O–H groups in total. The van der Waals surface area contributed by atoms with Gasteiger partial charge in [0.15, 0.2) is 0 Å². The third-order valence-electron chi connectivity index (χ3n) is 3.53. The molecule has 1 aromatic carbocycles. The average Bonchev–Trinajstić information content (AvgIpc) is 2.73. The molecule has 5 nitrogen and oxygen atoms in total. The highest BCUT2D eigenvalue weighted by Crippen LogP contribution is 2.19. The van der Waals surface area contributed by atoms with Crippen molar-refractivity contribution in [1.29, 1.82) is 0 Å². The van der Waals surface area contributed by atoms with Crippen LogP contribution in [0, 0.1) is 12.7 Å². The Labute approximate surface area is 126 Å². The number of hydrogen-bond acceptors (Lipinski definition) is 2. The van der Waals surface area contributed by atoms with Gasteiger partial charge in [-0.15, -0.1) is 0 Å². The van der Waals surface area contributed by atoms with Crippen LogP contribution in [0.1, 0.15) is 5.69 Å². The molecular formula is C14H11BrFN3O2. The van der Waals surface area contributed by atoms with Crippen molar-refractivity contribution >= 4 is 26.8 Å². The van der Waals surface area contributed by atoms with E-state index in [1.807, 2.05) is 0 Å². The molecule has 0 fully saturated rings. The van der Waals surface area contributed by atoms with E-state index in [-0.39, 0.29) is 16.8 Å². The second-order valence-electron chi connectivity index (χ2n) is 4.76. The topological polar surface area (TPSA) is 59.8 Å². The molecule has 21 heavy (non-hydrogen) atoms. The molecule has 3 aromatic rings. The van der Waals surface area contributed by atoms with E-state index >= 15 is 0 Å². The van der Waals surface area contributed by atoms with E-state index in [9.17, 15) is 14.0 Å². The lowest BCUT2D eigenvalue weighted by Crippen LogP contribution is -2.20. The fourth-order valence-electron chi connectivity index (χ4n) is 2.29. The van der Waals surface area contributed by atoms with Gasteiger partial charge in [-0.25, -0.2) is 9.07 Å². The minimum atomic E-state index is -0.539. The summed E-state index contributed by atoms with van der Waals surface area (Å²) in [6.07, 6.45) is 0. The lowest BCUT2D eigenvalue weighted by Gasteiger charge is -2.03. The van der Waals surface area contributed by atoms with Crippen molar-refractivity contribution in [1.82, 2.24) is 14.3 Å². The number of aromatic nitrogens is 3. The van der Waals surface area contributed by atoms with Crippen molar-refractivity contribution in [2.24, 2.45) is 7.05 Å². The summed E-state index contributed by atoms with van der Waals surface area (Å²) in [5, 5.41) is 3.16. The number of nitrogens with zero attached hydrogens (tertiary/aromatic N) is 2. The fourth-order valence-corrected chi connectivity index (χ4v) is 2.63. The smallest absolute Gasteiger partial charge is 0.280 e. The minimum Gasteiger partial charge on any atom is -0.315 e. The van der Waals surface area contributed by atoms with Crippen molar-refractivity contribution in [3.05, 3.63) is 61.0 Å². The number of halogens is 2. The van der Waals surface area contributed by atoms with Gasteiger partial charge in [0.2, 0.25) is 0 Å². The molecule has 0 aliphatic carbocycles. The molecule has 0 aliphatic rings. The molecule has 0 aliphatic heterocycles. The zero-order valence-corrected chi connectivity index (χ0v) is 12.9. The van der Waals surface area contributed by atoms with Gasteiger partial charge in [-0.1, -0.05) is 15.9 Å². The minimum absolute atomic E-state index is 0.105. The van der Waals surface area contributed by atoms with Gasteiger partial charge in [0.1, 0.15) is 11.5 Å². The molecule has 2 aromatic heterocycles. The lowest BCUT2D eigenvalue weighted by atomic mass is 10.2. The molecule has 108 valence electrons. The SMILES string of the molecule is Cc1c2c(=O)n(-c3ccc(Br)cc3F)[nH]c2cc(=O)n1C. The van der Waals surface area contributed by atoms with E-state index in [4.69, 9.17) is 0 Å². The first-order chi connectivity index (χ1) is 9.90. The molecule has 0 saturated carbocycles. The van der Waals surface area contributed by atoms with Gasteiger partial charge in [0, 0.05) is 23.3 Å². The largest absolute Gasteiger partial charge is 0.315 e. The Hall–Kier alpha value is -2.15. The zero-order valence-electron chi connectivity index (χ0n) is 11.3. The van der Waals surface area contributed by atoms with Gasteiger partial charge < -0.3 is 4.57 Å². The number of H-pyrrole nitrogens is 1. The summed E-state index contributed by atoms with van der Waals surface area (Å²) in [6, 6.07) is 5.74. The van der Waals surface area contributed by atoms with E-state index in [2.05, 4.69) is 21.0 Å². The molecule has 2 heterocycles. The number of fused-ring (bicyclic) bond motifs is 1. The number of pyridine rings is 1. The van der Waals surface area contributed by atoms with E-state index in [1.54, 1.807) is 20.0 Å². The number of aromatic amines is 1. The van der Waals surface area contributed by atoms with Gasteiger partial charge in [0.05, 0.1) is 10.9 Å². The van der Waals surface area contributed by atoms with E-state index in [0.29, 0.717) is 21.1 Å². The highest BCUT2D eigenvalue weighted by molar-refractivity contribution is 9.10. The Morgan fingerprint density at radius 1 is 1.24 bits per heavy atom. The monoisotopic (exact) mass is 351 g/mol. The van der Waals surface area contributed by atoms with Crippen molar-refractivity contribution in [3.63, 3.8) is 0 Å². The maximum Gasteiger partial charge on any atom is 0.280 e. The van der Waals surface area contributed by atoms with Crippen LogP contribution in [0.3, 0.4) is 0 Å². The van der Waals surface area contributed by atoms with Crippen LogP contribution < -0.4 is 11.1 Å². The maximum absolute atomic E-state index is 14.0. The first kappa shape index (κ1) is 13.8. The molecular weight excluding hydrogens is 341 g/mol. The highest BCUT2D eigenvalue weighted by atomic mass is 79.9. The number of aryl methyl sites for hydroxylation is 1. The summed E-state index contributed by atoms with van der Waals surface area (Å²) in [7, 11) is 1.59. The van der Waals surface area contributed by atoms with Crippen LogP contribution in [0.25, 0.3) is 16.6 Å². The Bertz CT molecular complexity index is 984. The van der Waals surface area contributed by atoms with Crippen molar-refractivity contribution in [2.75, 3.05) is 0 Å². The van der Waals surface area contributed by atoms with Gasteiger partial charge >= 0.3 is 0 Å². The predicted octanol–water partition coefficient (Wildman–Crippen LogP) is 2.23. The summed E-state index contributed by atoms with van der Waals surface area (Å²) in [5.74, 6) is -0.539. The van der Waals surface area contributed by atoms with Crippen molar-refractivity contribution in [2.45, 2.75) is 6.92 Å². The molecule has 0 atom stereocenters. The maximum atomic E-state index is 14.0. The number of rotatable bonds is 1.